The van der Waals surface area contributed by atoms with E-state index in [2.05, 4.69) is 23.5 Å². The maximum atomic E-state index is 5.54. The van der Waals surface area contributed by atoms with Gasteiger partial charge in [-0.1, -0.05) is 18.6 Å². The lowest BCUT2D eigenvalue weighted by atomic mass is 9.95. The zero-order valence-corrected chi connectivity index (χ0v) is 11.2. The molecule has 0 aromatic heterocycles. The molecule has 2 nitrogen and oxygen atoms in total. The SMILES string of the molecule is CCOc1cccc(CNC2CC3CCC2C3)c1. The highest BCUT2D eigenvalue weighted by Crippen LogP contribution is 2.44. The summed E-state index contributed by atoms with van der Waals surface area (Å²) in [6.45, 7) is 3.75. The fraction of sp³-hybridized carbons (Fsp3) is 0.625. The molecule has 3 rings (SSSR count). The normalized spacial score (nSPS) is 29.7. The van der Waals surface area contributed by atoms with Crippen molar-refractivity contribution >= 4 is 0 Å². The van der Waals surface area contributed by atoms with Crippen LogP contribution in [-0.4, -0.2) is 12.6 Å². The van der Waals surface area contributed by atoms with Gasteiger partial charge in [-0.15, -0.1) is 0 Å². The summed E-state index contributed by atoms with van der Waals surface area (Å²) in [6.07, 6.45) is 5.79. The summed E-state index contributed by atoms with van der Waals surface area (Å²) in [6, 6.07) is 9.22. The van der Waals surface area contributed by atoms with Crippen LogP contribution in [0.3, 0.4) is 0 Å². The number of ether oxygens (including phenoxy) is 1. The zero-order chi connectivity index (χ0) is 12.4. The predicted octanol–water partition coefficient (Wildman–Crippen LogP) is 3.36. The van der Waals surface area contributed by atoms with E-state index in [0.29, 0.717) is 0 Å². The third-order valence-electron chi connectivity index (χ3n) is 4.52. The molecular weight excluding hydrogens is 222 g/mol. The Morgan fingerprint density at radius 1 is 1.28 bits per heavy atom. The second kappa shape index (κ2) is 5.31. The van der Waals surface area contributed by atoms with E-state index in [1.165, 1.54) is 31.2 Å². The molecule has 1 aromatic rings. The summed E-state index contributed by atoms with van der Waals surface area (Å²) in [7, 11) is 0. The summed E-state index contributed by atoms with van der Waals surface area (Å²) >= 11 is 0. The third kappa shape index (κ3) is 2.54. The molecule has 0 spiro atoms. The van der Waals surface area contributed by atoms with E-state index in [0.717, 1.165) is 36.8 Å². The van der Waals surface area contributed by atoms with E-state index >= 15 is 0 Å². The highest BCUT2D eigenvalue weighted by molar-refractivity contribution is 5.28. The summed E-state index contributed by atoms with van der Waals surface area (Å²) < 4.78 is 5.54. The van der Waals surface area contributed by atoms with Crippen molar-refractivity contribution in [1.29, 1.82) is 0 Å². The molecule has 0 amide bonds. The van der Waals surface area contributed by atoms with E-state index in [4.69, 9.17) is 4.74 Å². The molecule has 3 atom stereocenters. The number of hydrogen-bond donors (Lipinski definition) is 1. The minimum Gasteiger partial charge on any atom is -0.494 e. The molecule has 2 saturated carbocycles. The van der Waals surface area contributed by atoms with Gasteiger partial charge in [0.15, 0.2) is 0 Å². The molecule has 2 aliphatic rings. The van der Waals surface area contributed by atoms with Crippen molar-refractivity contribution in [1.82, 2.24) is 5.32 Å². The molecule has 2 bridgehead atoms. The second-order valence-corrected chi connectivity index (χ2v) is 5.74. The molecule has 3 unspecified atom stereocenters. The minimum absolute atomic E-state index is 0.739. The molecule has 1 aromatic carbocycles. The average Bonchev–Trinajstić information content (AvgIpc) is 2.99. The highest BCUT2D eigenvalue weighted by Gasteiger charge is 2.38. The maximum absolute atomic E-state index is 5.54. The predicted molar refractivity (Wildman–Crippen MR) is 73.7 cm³/mol. The van der Waals surface area contributed by atoms with Crippen LogP contribution in [0, 0.1) is 11.8 Å². The van der Waals surface area contributed by atoms with Crippen LogP contribution in [0.5, 0.6) is 5.75 Å². The van der Waals surface area contributed by atoms with Gasteiger partial charge in [0.25, 0.3) is 0 Å². The van der Waals surface area contributed by atoms with Gasteiger partial charge in [-0.05, 0) is 55.7 Å². The van der Waals surface area contributed by atoms with Crippen molar-refractivity contribution in [2.24, 2.45) is 11.8 Å². The smallest absolute Gasteiger partial charge is 0.119 e. The molecule has 0 radical (unpaired) electrons. The van der Waals surface area contributed by atoms with Crippen LogP contribution in [-0.2, 0) is 6.54 Å². The lowest BCUT2D eigenvalue weighted by Crippen LogP contribution is -2.33. The van der Waals surface area contributed by atoms with Gasteiger partial charge in [-0.2, -0.15) is 0 Å². The van der Waals surface area contributed by atoms with Gasteiger partial charge in [-0.25, -0.2) is 0 Å². The van der Waals surface area contributed by atoms with Gasteiger partial charge in [-0.3, -0.25) is 0 Å². The minimum atomic E-state index is 0.739. The average molecular weight is 245 g/mol. The van der Waals surface area contributed by atoms with Crippen LogP contribution < -0.4 is 10.1 Å². The summed E-state index contributed by atoms with van der Waals surface area (Å²) in [5.74, 6) is 2.96. The fourth-order valence-corrected chi connectivity index (χ4v) is 3.66. The topological polar surface area (TPSA) is 21.3 Å². The first-order chi connectivity index (χ1) is 8.85. The van der Waals surface area contributed by atoms with Crippen molar-refractivity contribution in [3.05, 3.63) is 29.8 Å². The van der Waals surface area contributed by atoms with Crippen molar-refractivity contribution < 1.29 is 4.74 Å². The van der Waals surface area contributed by atoms with Crippen LogP contribution in [0.2, 0.25) is 0 Å². The van der Waals surface area contributed by atoms with Gasteiger partial charge < -0.3 is 10.1 Å². The van der Waals surface area contributed by atoms with E-state index in [1.807, 2.05) is 13.0 Å². The second-order valence-electron chi connectivity index (χ2n) is 5.74. The number of nitrogens with one attached hydrogen (secondary N) is 1. The first kappa shape index (κ1) is 12.0. The Balaban J connectivity index is 1.55. The number of benzene rings is 1. The Kier molecular flexibility index (Phi) is 3.55. The maximum Gasteiger partial charge on any atom is 0.119 e. The largest absolute Gasteiger partial charge is 0.494 e. The van der Waals surface area contributed by atoms with E-state index < -0.39 is 0 Å². The number of fused-ring (bicyclic) bond motifs is 2. The molecule has 2 aliphatic carbocycles. The molecule has 2 heteroatoms. The standard InChI is InChI=1S/C16H23NO/c1-2-18-15-5-3-4-13(9-15)11-17-16-10-12-6-7-14(16)8-12/h3-5,9,12,14,16-17H,2,6-8,10-11H2,1H3. The summed E-state index contributed by atoms with van der Waals surface area (Å²) in [5.41, 5.74) is 1.34. The van der Waals surface area contributed by atoms with Crippen molar-refractivity contribution in [2.75, 3.05) is 6.61 Å². The molecular formula is C16H23NO. The molecule has 18 heavy (non-hydrogen) atoms. The third-order valence-corrected chi connectivity index (χ3v) is 4.52. The van der Waals surface area contributed by atoms with Gasteiger partial charge >= 0.3 is 0 Å². The number of rotatable bonds is 5. The molecule has 0 aliphatic heterocycles. The summed E-state index contributed by atoms with van der Waals surface area (Å²) in [5, 5.41) is 3.74. The summed E-state index contributed by atoms with van der Waals surface area (Å²) in [4.78, 5) is 0. The highest BCUT2D eigenvalue weighted by atomic mass is 16.5. The molecule has 2 fully saturated rings. The fourth-order valence-electron chi connectivity index (χ4n) is 3.66. The van der Waals surface area contributed by atoms with Crippen LogP contribution in [0.15, 0.2) is 24.3 Å². The van der Waals surface area contributed by atoms with Gasteiger partial charge in [0.05, 0.1) is 6.61 Å². The molecule has 0 saturated heterocycles. The van der Waals surface area contributed by atoms with Crippen LogP contribution in [0.1, 0.15) is 38.2 Å². The zero-order valence-electron chi connectivity index (χ0n) is 11.2. The van der Waals surface area contributed by atoms with E-state index in [1.54, 1.807) is 0 Å². The Labute approximate surface area is 110 Å². The monoisotopic (exact) mass is 245 g/mol. The molecule has 1 N–H and O–H groups in total. The van der Waals surface area contributed by atoms with E-state index in [-0.39, 0.29) is 0 Å². The first-order valence-corrected chi connectivity index (χ1v) is 7.30. The number of hydrogen-bond acceptors (Lipinski definition) is 2. The Bertz CT molecular complexity index is 404. The lowest BCUT2D eigenvalue weighted by molar-refractivity contribution is 0.338. The quantitative estimate of drug-likeness (QED) is 0.859. The first-order valence-electron chi connectivity index (χ1n) is 7.30. The van der Waals surface area contributed by atoms with Crippen molar-refractivity contribution in [3.63, 3.8) is 0 Å². The van der Waals surface area contributed by atoms with Crippen molar-refractivity contribution in [2.45, 2.75) is 45.2 Å². The van der Waals surface area contributed by atoms with Gasteiger partial charge in [0, 0.05) is 12.6 Å². The molecule has 0 heterocycles. The Morgan fingerprint density at radius 2 is 2.22 bits per heavy atom. The van der Waals surface area contributed by atoms with Crippen LogP contribution in [0.4, 0.5) is 0 Å². The van der Waals surface area contributed by atoms with Gasteiger partial charge in [0.1, 0.15) is 5.75 Å². The van der Waals surface area contributed by atoms with Crippen molar-refractivity contribution in [3.8, 4) is 5.75 Å². The molecule has 98 valence electrons. The van der Waals surface area contributed by atoms with Gasteiger partial charge in [0.2, 0.25) is 0 Å². The van der Waals surface area contributed by atoms with Crippen LogP contribution >= 0.6 is 0 Å². The Morgan fingerprint density at radius 3 is 2.94 bits per heavy atom. The van der Waals surface area contributed by atoms with Crippen LogP contribution in [0.25, 0.3) is 0 Å². The Hall–Kier alpha value is -1.02. The van der Waals surface area contributed by atoms with E-state index in [9.17, 15) is 0 Å². The lowest BCUT2D eigenvalue weighted by Gasteiger charge is -2.23.